The number of benzene rings is 2. The molecule has 166 valence electrons. The van der Waals surface area contributed by atoms with Gasteiger partial charge in [-0.15, -0.1) is 0 Å². The molecule has 2 heterocycles. The second-order valence-corrected chi connectivity index (χ2v) is 8.39. The van der Waals surface area contributed by atoms with Gasteiger partial charge >= 0.3 is 0 Å². The molecule has 4 rings (SSSR count). The summed E-state index contributed by atoms with van der Waals surface area (Å²) in [4.78, 5) is 32.7. The predicted octanol–water partition coefficient (Wildman–Crippen LogP) is 4.44. The van der Waals surface area contributed by atoms with E-state index in [-0.39, 0.29) is 11.7 Å². The highest BCUT2D eigenvalue weighted by atomic mass is 16.4. The lowest BCUT2D eigenvalue weighted by molar-refractivity contribution is -0.131. The number of anilines is 1. The average molecular weight is 432 g/mol. The number of carbonyl (C=O) groups is 2. The minimum atomic E-state index is 0.0686. The minimum absolute atomic E-state index is 0.0686. The molecule has 0 spiro atoms. The molecule has 0 N–H and O–H groups in total. The molecular formula is C26H29N3O3. The highest BCUT2D eigenvalue weighted by Gasteiger charge is 2.22. The van der Waals surface area contributed by atoms with Gasteiger partial charge in [-0.3, -0.25) is 9.59 Å². The number of rotatable bonds is 6. The van der Waals surface area contributed by atoms with Gasteiger partial charge in [-0.25, -0.2) is 4.98 Å². The Kier molecular flexibility index (Phi) is 6.40. The Labute approximate surface area is 188 Å². The number of ketones is 1. The number of nitrogens with zero attached hydrogens (tertiary/aromatic N) is 3. The van der Waals surface area contributed by atoms with Crippen molar-refractivity contribution in [1.29, 1.82) is 0 Å². The van der Waals surface area contributed by atoms with Crippen molar-refractivity contribution in [2.75, 3.05) is 31.1 Å². The van der Waals surface area contributed by atoms with Crippen molar-refractivity contribution in [1.82, 2.24) is 9.88 Å². The number of amides is 1. The summed E-state index contributed by atoms with van der Waals surface area (Å²) in [7, 11) is 0. The van der Waals surface area contributed by atoms with Crippen molar-refractivity contribution in [3.8, 4) is 11.3 Å². The summed E-state index contributed by atoms with van der Waals surface area (Å²) in [5.74, 6) is 1.53. The maximum atomic E-state index is 12.7. The lowest BCUT2D eigenvalue weighted by Crippen LogP contribution is -2.48. The van der Waals surface area contributed by atoms with Crippen LogP contribution < -0.4 is 4.90 Å². The van der Waals surface area contributed by atoms with Gasteiger partial charge in [0.15, 0.2) is 17.4 Å². The molecule has 1 aromatic heterocycles. The summed E-state index contributed by atoms with van der Waals surface area (Å²) in [6, 6.07) is 13.9. The molecule has 1 aliphatic rings. The smallest absolute Gasteiger partial charge is 0.223 e. The number of aryl methyl sites for hydroxylation is 3. The summed E-state index contributed by atoms with van der Waals surface area (Å²) in [6.07, 6.45) is 2.62. The third kappa shape index (κ3) is 4.90. The van der Waals surface area contributed by atoms with Crippen molar-refractivity contribution in [2.45, 2.75) is 33.6 Å². The van der Waals surface area contributed by atoms with Gasteiger partial charge in [0.1, 0.15) is 0 Å². The normalized spacial score (nSPS) is 14.0. The molecule has 0 atom stereocenters. The average Bonchev–Trinajstić information content (AvgIpc) is 3.28. The van der Waals surface area contributed by atoms with Gasteiger partial charge in [0, 0.05) is 55.8 Å². The van der Waals surface area contributed by atoms with Crippen LogP contribution in [0.2, 0.25) is 0 Å². The van der Waals surface area contributed by atoms with E-state index in [2.05, 4.69) is 35.9 Å². The van der Waals surface area contributed by atoms with E-state index < -0.39 is 0 Å². The van der Waals surface area contributed by atoms with Crippen LogP contribution in [-0.2, 0) is 11.2 Å². The molecule has 0 saturated carbocycles. The van der Waals surface area contributed by atoms with Gasteiger partial charge in [-0.05, 0) is 62.2 Å². The molecule has 0 aliphatic carbocycles. The van der Waals surface area contributed by atoms with Crippen LogP contribution in [0.4, 0.5) is 5.69 Å². The van der Waals surface area contributed by atoms with E-state index in [4.69, 9.17) is 4.42 Å². The SMILES string of the molecule is CC(=O)c1ccc(N2CCN(C(=O)CCc3ncc(-c4ccc(C)c(C)c4)o3)CC2)cc1. The Morgan fingerprint density at radius 3 is 2.34 bits per heavy atom. The Bertz CT molecular complexity index is 1110. The number of hydrogen-bond acceptors (Lipinski definition) is 5. The second-order valence-electron chi connectivity index (χ2n) is 8.39. The minimum Gasteiger partial charge on any atom is -0.441 e. The molecule has 1 amide bonds. The Hall–Kier alpha value is -3.41. The number of piperazine rings is 1. The van der Waals surface area contributed by atoms with Crippen molar-refractivity contribution in [2.24, 2.45) is 0 Å². The van der Waals surface area contributed by atoms with E-state index in [1.165, 1.54) is 11.1 Å². The summed E-state index contributed by atoms with van der Waals surface area (Å²) in [5, 5.41) is 0. The Morgan fingerprint density at radius 2 is 1.69 bits per heavy atom. The van der Waals surface area contributed by atoms with Crippen LogP contribution >= 0.6 is 0 Å². The van der Waals surface area contributed by atoms with Gasteiger partial charge in [-0.1, -0.05) is 12.1 Å². The maximum absolute atomic E-state index is 12.7. The molecule has 0 unspecified atom stereocenters. The monoisotopic (exact) mass is 431 g/mol. The molecule has 6 heteroatoms. The first-order valence-electron chi connectivity index (χ1n) is 11.1. The first-order chi connectivity index (χ1) is 15.4. The van der Waals surface area contributed by atoms with Crippen LogP contribution in [0.15, 0.2) is 53.1 Å². The van der Waals surface area contributed by atoms with Gasteiger partial charge in [0.2, 0.25) is 5.91 Å². The molecule has 1 aliphatic heterocycles. The first-order valence-corrected chi connectivity index (χ1v) is 11.1. The Balaban J connectivity index is 1.28. The van der Waals surface area contributed by atoms with Crippen molar-refractivity contribution < 1.29 is 14.0 Å². The number of aromatic nitrogens is 1. The molecule has 32 heavy (non-hydrogen) atoms. The molecule has 1 fully saturated rings. The molecule has 3 aromatic rings. The topological polar surface area (TPSA) is 66.7 Å². The van der Waals surface area contributed by atoms with Gasteiger partial charge in [0.05, 0.1) is 6.20 Å². The molecular weight excluding hydrogens is 402 g/mol. The maximum Gasteiger partial charge on any atom is 0.223 e. The zero-order chi connectivity index (χ0) is 22.7. The van der Waals surface area contributed by atoms with Crippen LogP contribution in [0.25, 0.3) is 11.3 Å². The summed E-state index contributed by atoms with van der Waals surface area (Å²) >= 11 is 0. The van der Waals surface area contributed by atoms with Crippen LogP contribution in [0.1, 0.15) is 40.7 Å². The lowest BCUT2D eigenvalue weighted by Gasteiger charge is -2.36. The molecule has 0 radical (unpaired) electrons. The van der Waals surface area contributed by atoms with Crippen molar-refractivity contribution in [3.63, 3.8) is 0 Å². The highest BCUT2D eigenvalue weighted by molar-refractivity contribution is 5.94. The Morgan fingerprint density at radius 1 is 0.969 bits per heavy atom. The third-order valence-corrected chi connectivity index (χ3v) is 6.17. The summed E-state index contributed by atoms with van der Waals surface area (Å²) < 4.78 is 5.89. The molecule has 1 saturated heterocycles. The van der Waals surface area contributed by atoms with E-state index in [1.54, 1.807) is 13.1 Å². The highest BCUT2D eigenvalue weighted by Crippen LogP contribution is 2.24. The fraction of sp³-hybridized carbons (Fsp3) is 0.346. The fourth-order valence-electron chi connectivity index (χ4n) is 3.95. The summed E-state index contributed by atoms with van der Waals surface area (Å²) in [6.45, 7) is 8.67. The van der Waals surface area contributed by atoms with Crippen LogP contribution in [-0.4, -0.2) is 47.8 Å². The van der Waals surface area contributed by atoms with Gasteiger partial charge in [-0.2, -0.15) is 0 Å². The second kappa shape index (κ2) is 9.39. The van der Waals surface area contributed by atoms with Gasteiger partial charge < -0.3 is 14.2 Å². The predicted molar refractivity (Wildman–Crippen MR) is 125 cm³/mol. The molecule has 2 aromatic carbocycles. The van der Waals surface area contributed by atoms with E-state index in [0.717, 1.165) is 35.7 Å². The zero-order valence-electron chi connectivity index (χ0n) is 18.9. The van der Waals surface area contributed by atoms with Gasteiger partial charge in [0.25, 0.3) is 0 Å². The van der Waals surface area contributed by atoms with E-state index in [1.807, 2.05) is 35.2 Å². The lowest BCUT2D eigenvalue weighted by atomic mass is 10.1. The number of carbonyl (C=O) groups excluding carboxylic acids is 2. The van der Waals surface area contributed by atoms with Crippen LogP contribution in [0, 0.1) is 13.8 Å². The number of Topliss-reactive ketones (excluding diaryl/α,β-unsaturated/α-hetero) is 1. The van der Waals surface area contributed by atoms with Crippen molar-refractivity contribution in [3.05, 3.63) is 71.2 Å². The van der Waals surface area contributed by atoms with Crippen LogP contribution in [0.3, 0.4) is 0 Å². The van der Waals surface area contributed by atoms with E-state index in [9.17, 15) is 9.59 Å². The standard InChI is InChI=1S/C26H29N3O3/c1-18-4-5-22(16-19(18)2)24-17-27-25(32-24)10-11-26(31)29-14-12-28(13-15-29)23-8-6-21(7-9-23)20(3)30/h4-9,16-17H,10-15H2,1-3H3. The first kappa shape index (κ1) is 21.8. The van der Waals surface area contributed by atoms with E-state index in [0.29, 0.717) is 31.8 Å². The third-order valence-electron chi connectivity index (χ3n) is 6.17. The van der Waals surface area contributed by atoms with E-state index >= 15 is 0 Å². The van der Waals surface area contributed by atoms with Crippen LogP contribution in [0.5, 0.6) is 0 Å². The summed E-state index contributed by atoms with van der Waals surface area (Å²) in [5.41, 5.74) is 5.26. The zero-order valence-corrected chi connectivity index (χ0v) is 18.9. The fourth-order valence-corrected chi connectivity index (χ4v) is 3.95. The quantitative estimate of drug-likeness (QED) is 0.540. The number of oxazole rings is 1. The number of hydrogen-bond donors (Lipinski definition) is 0. The molecule has 6 nitrogen and oxygen atoms in total. The largest absolute Gasteiger partial charge is 0.441 e. The molecule has 0 bridgehead atoms. The van der Waals surface area contributed by atoms with Crippen molar-refractivity contribution >= 4 is 17.4 Å².